The van der Waals surface area contributed by atoms with Gasteiger partial charge in [-0.25, -0.2) is 33.4 Å². The summed E-state index contributed by atoms with van der Waals surface area (Å²) in [7, 11) is 1.38. The van der Waals surface area contributed by atoms with Crippen LogP contribution in [0.4, 0.5) is 0 Å². The molecule has 0 radical (unpaired) electrons. The van der Waals surface area contributed by atoms with Crippen LogP contribution in [0.3, 0.4) is 0 Å². The van der Waals surface area contributed by atoms with Crippen LogP contribution in [0.1, 0.15) is 127 Å². The second-order valence-corrected chi connectivity index (χ2v) is 14.3. The fraction of sp³-hybridized carbons (Fsp3) is 0.500. The van der Waals surface area contributed by atoms with E-state index in [1.807, 2.05) is 27.7 Å². The predicted molar refractivity (Wildman–Crippen MR) is 220 cm³/mol. The number of ketones is 2. The molecule has 0 saturated heterocycles. The maximum Gasteiger partial charge on any atom is 0.344 e. The first-order chi connectivity index (χ1) is 27.7. The van der Waals surface area contributed by atoms with Crippen LogP contribution in [0.5, 0.6) is 0 Å². The monoisotopic (exact) mass is 864 g/mol. The van der Waals surface area contributed by atoms with Gasteiger partial charge < -0.3 is 24.1 Å². The van der Waals surface area contributed by atoms with Crippen molar-refractivity contribution in [2.75, 3.05) is 26.9 Å². The van der Waals surface area contributed by atoms with Crippen LogP contribution in [-0.2, 0) is 38.1 Å². The van der Waals surface area contributed by atoms with E-state index in [-0.39, 0.29) is 65.4 Å². The van der Waals surface area contributed by atoms with Crippen molar-refractivity contribution in [2.24, 2.45) is 11.8 Å². The van der Waals surface area contributed by atoms with Crippen molar-refractivity contribution >= 4 is 69.9 Å². The Balaban J connectivity index is 0.000000400. The number of carbonyl (C=O) groups is 6. The molecule has 0 bridgehead atoms. The number of hydrogen-bond donors (Lipinski definition) is 1. The Labute approximate surface area is 353 Å². The van der Waals surface area contributed by atoms with E-state index >= 15 is 0 Å². The molecule has 0 aliphatic rings. The number of esters is 3. The average molecular weight is 866 g/mol. The Hall–Kier alpha value is -5.42. The molecular weight excluding hydrogens is 811 g/mol. The number of aromatic carboxylic acids is 1. The number of carboxylic acid groups (broad SMARTS) is 1. The first-order valence-corrected chi connectivity index (χ1v) is 19.5. The van der Waals surface area contributed by atoms with Crippen LogP contribution in [0.2, 0.25) is 10.3 Å². The van der Waals surface area contributed by atoms with E-state index in [2.05, 4.69) is 29.6 Å². The molecule has 17 nitrogen and oxygen atoms in total. The first-order valence-electron chi connectivity index (χ1n) is 18.8. The molecule has 324 valence electrons. The second kappa shape index (κ2) is 25.2. The minimum absolute atomic E-state index is 0.0209. The fourth-order valence-corrected chi connectivity index (χ4v) is 5.24. The normalized spacial score (nSPS) is 11.0. The van der Waals surface area contributed by atoms with Crippen LogP contribution in [0.15, 0.2) is 36.4 Å². The van der Waals surface area contributed by atoms with Gasteiger partial charge in [0, 0.05) is 36.4 Å². The summed E-state index contributed by atoms with van der Waals surface area (Å²) in [6, 6.07) is 3.25. The smallest absolute Gasteiger partial charge is 0.344 e. The van der Waals surface area contributed by atoms with Gasteiger partial charge in [0.15, 0.2) is 27.4 Å². The fourth-order valence-electron chi connectivity index (χ4n) is 4.89. The molecule has 4 heterocycles. The number of aromatic nitrogens is 6. The summed E-state index contributed by atoms with van der Waals surface area (Å²) in [6.45, 7) is 20.8. The van der Waals surface area contributed by atoms with Gasteiger partial charge >= 0.3 is 23.9 Å². The minimum Gasteiger partial charge on any atom is -0.503 e. The molecule has 0 spiro atoms. The van der Waals surface area contributed by atoms with Crippen LogP contribution in [0.25, 0.3) is 11.3 Å². The summed E-state index contributed by atoms with van der Waals surface area (Å²) in [6.07, 6.45) is 3.89. The van der Waals surface area contributed by atoms with Crippen LogP contribution in [0, 0.1) is 11.8 Å². The Morgan fingerprint density at radius 2 is 1.17 bits per heavy atom. The largest absolute Gasteiger partial charge is 0.503 e. The Bertz CT molecular complexity index is 2110. The summed E-state index contributed by atoms with van der Waals surface area (Å²) in [5.74, 6) is -3.00. The number of carboxylic acids is 1. The highest BCUT2D eigenvalue weighted by molar-refractivity contribution is 6.30. The molecule has 0 amide bonds. The zero-order valence-corrected chi connectivity index (χ0v) is 37.0. The molecule has 0 unspecified atom stereocenters. The van der Waals surface area contributed by atoms with Crippen molar-refractivity contribution in [3.8, 4) is 0 Å². The zero-order valence-electron chi connectivity index (χ0n) is 35.5. The number of carbonyl (C=O) groups excluding carboxylic acids is 5. The van der Waals surface area contributed by atoms with Crippen LogP contribution < -0.4 is 0 Å². The summed E-state index contributed by atoms with van der Waals surface area (Å²) < 4.78 is 22.1. The lowest BCUT2D eigenvalue weighted by Gasteiger charge is -2.12. The first kappa shape index (κ1) is 51.6. The summed E-state index contributed by atoms with van der Waals surface area (Å²) in [4.78, 5) is 75.5. The average Bonchev–Trinajstić information content (AvgIpc) is 3.73. The van der Waals surface area contributed by atoms with E-state index in [1.165, 1.54) is 24.0 Å². The van der Waals surface area contributed by atoms with E-state index in [4.69, 9.17) is 37.8 Å². The highest BCUT2D eigenvalue weighted by Gasteiger charge is 2.23. The van der Waals surface area contributed by atoms with Gasteiger partial charge in [0.2, 0.25) is 0 Å². The molecule has 4 aromatic rings. The maximum absolute atomic E-state index is 11.9. The number of methoxy groups -OCH3 is 1. The van der Waals surface area contributed by atoms with Gasteiger partial charge in [0.1, 0.15) is 24.0 Å². The third-order valence-electron chi connectivity index (χ3n) is 7.59. The lowest BCUT2D eigenvalue weighted by atomic mass is 10.0. The molecule has 0 aromatic carbocycles. The molecule has 0 atom stereocenters. The predicted octanol–water partition coefficient (Wildman–Crippen LogP) is 7.36. The zero-order chi connectivity index (χ0) is 45.1. The Kier molecular flexibility index (Phi) is 22.0. The third kappa shape index (κ3) is 15.7. The number of hydrogen-bond acceptors (Lipinski definition) is 14. The molecule has 19 heteroatoms. The molecule has 1 N–H and O–H groups in total. The van der Waals surface area contributed by atoms with E-state index in [1.54, 1.807) is 65.1 Å². The van der Waals surface area contributed by atoms with Crippen molar-refractivity contribution in [2.45, 2.75) is 94.4 Å². The van der Waals surface area contributed by atoms with Gasteiger partial charge in [-0.05, 0) is 32.6 Å². The maximum atomic E-state index is 11.9. The van der Waals surface area contributed by atoms with Gasteiger partial charge in [-0.15, -0.1) is 0 Å². The third-order valence-corrected chi connectivity index (χ3v) is 7.96. The summed E-state index contributed by atoms with van der Waals surface area (Å²) in [5, 5.41) is 17.9. The number of ether oxygens (including phenoxy) is 4. The molecule has 59 heavy (non-hydrogen) atoms. The van der Waals surface area contributed by atoms with Gasteiger partial charge in [-0.2, -0.15) is 10.2 Å². The number of Topliss-reactive ketones (excluding diaryl/α,β-unsaturated/α-hetero) is 2. The van der Waals surface area contributed by atoms with Crippen LogP contribution in [-0.4, -0.2) is 96.7 Å². The number of rotatable bonds is 14. The molecular formula is C40H54Cl2N6O11. The molecule has 0 saturated carbocycles. The standard InChI is InChI=1S/C12H14ClN3O2.C10H10ClN3O2.C10H16O4.C8H14O3/c1-4-18-12(17)8-6-14-10-5-9(13)15-16(10)11(8)7(2)3;1-5(2)9-6(10(15)16)4-12-8-3-7(11)13-14(8)9;1-5-14-10(12)8(6-13-4)9(11)7(2)3;1-4-11-8(10)5-7(9)6(2)3/h5-7H,4H2,1-3H3;3-5H,1-2H3,(H,15,16);6-7H,5H2,1-4H3;6H,4-5H2,1-3H3. The Morgan fingerprint density at radius 3 is 1.56 bits per heavy atom. The Morgan fingerprint density at radius 1 is 0.712 bits per heavy atom. The SMILES string of the molecule is CC(C)c1c(C(=O)O)cnc2cc(Cl)nn12.CCOC(=O)C(=COC)C(=O)C(C)C.CCOC(=O)CC(=O)C(C)C.CCOC(=O)c1cnc2cc(Cl)nn2c1C(C)C. The molecule has 4 rings (SSSR count). The second-order valence-electron chi connectivity index (χ2n) is 13.5. The highest BCUT2D eigenvalue weighted by atomic mass is 35.5. The van der Waals surface area contributed by atoms with Crippen molar-refractivity contribution in [1.82, 2.24) is 29.2 Å². The molecule has 0 fully saturated rings. The molecule has 0 aliphatic heterocycles. The van der Waals surface area contributed by atoms with Crippen LogP contribution >= 0.6 is 23.2 Å². The summed E-state index contributed by atoms with van der Waals surface area (Å²) >= 11 is 11.6. The van der Waals surface area contributed by atoms with E-state index in [9.17, 15) is 28.8 Å². The van der Waals surface area contributed by atoms with Crippen molar-refractivity contribution in [3.63, 3.8) is 0 Å². The van der Waals surface area contributed by atoms with Gasteiger partial charge in [-0.1, -0.05) is 78.6 Å². The number of nitrogens with zero attached hydrogens (tertiary/aromatic N) is 6. The van der Waals surface area contributed by atoms with Gasteiger partial charge in [-0.3, -0.25) is 14.4 Å². The lowest BCUT2D eigenvalue weighted by Crippen LogP contribution is -2.20. The van der Waals surface area contributed by atoms with Crippen molar-refractivity contribution < 1.29 is 52.8 Å². The molecule has 4 aromatic heterocycles. The lowest BCUT2D eigenvalue weighted by molar-refractivity contribution is -0.146. The van der Waals surface area contributed by atoms with Crippen molar-refractivity contribution in [3.05, 3.63) is 69.2 Å². The van der Waals surface area contributed by atoms with E-state index in [0.717, 1.165) is 12.0 Å². The summed E-state index contributed by atoms with van der Waals surface area (Å²) in [5.41, 5.74) is 3.08. The highest BCUT2D eigenvalue weighted by Crippen LogP contribution is 2.23. The minimum atomic E-state index is -1.01. The molecule has 0 aliphatic carbocycles. The number of halogens is 2. The topological polar surface area (TPSA) is 220 Å². The van der Waals surface area contributed by atoms with Gasteiger partial charge in [0.25, 0.3) is 0 Å². The van der Waals surface area contributed by atoms with E-state index < -0.39 is 17.9 Å². The van der Waals surface area contributed by atoms with Crippen molar-refractivity contribution in [1.29, 1.82) is 0 Å². The number of fused-ring (bicyclic) bond motifs is 2. The van der Waals surface area contributed by atoms with E-state index in [0.29, 0.717) is 46.1 Å². The van der Waals surface area contributed by atoms with Gasteiger partial charge in [0.05, 0.1) is 49.4 Å². The quantitative estimate of drug-likeness (QED) is 0.0327.